The van der Waals surface area contributed by atoms with Gasteiger partial charge in [-0.3, -0.25) is 4.79 Å². The normalized spacial score (nSPS) is 12.5. The summed E-state index contributed by atoms with van der Waals surface area (Å²) in [5, 5.41) is 0. The van der Waals surface area contributed by atoms with E-state index in [-0.39, 0.29) is 5.92 Å². The van der Waals surface area contributed by atoms with Crippen LogP contribution in [0.1, 0.15) is 46.0 Å². The van der Waals surface area contributed by atoms with Crippen LogP contribution in [0.25, 0.3) is 0 Å². The molecule has 0 rings (SSSR count). The molecule has 0 saturated carbocycles. The standard InChI is InChI=1S/C10H18O2/c1-3-4-5-10(12)8-9(2)6-7-11/h7,9H,3-6,8H2,1-2H3. The number of ketones is 1. The molecule has 0 aliphatic rings. The zero-order valence-electron chi connectivity index (χ0n) is 8.01. The maximum atomic E-state index is 11.2. The van der Waals surface area contributed by atoms with Gasteiger partial charge < -0.3 is 4.79 Å². The molecule has 0 saturated heterocycles. The van der Waals surface area contributed by atoms with Gasteiger partial charge in [0.1, 0.15) is 12.1 Å². The van der Waals surface area contributed by atoms with Crippen molar-refractivity contribution in [3.05, 3.63) is 0 Å². The first-order valence-corrected chi connectivity index (χ1v) is 4.66. The summed E-state index contributed by atoms with van der Waals surface area (Å²) in [6.07, 6.45) is 4.69. The van der Waals surface area contributed by atoms with E-state index in [2.05, 4.69) is 6.92 Å². The van der Waals surface area contributed by atoms with Crippen molar-refractivity contribution in [2.75, 3.05) is 0 Å². The Morgan fingerprint density at radius 1 is 1.50 bits per heavy atom. The molecule has 2 heteroatoms. The summed E-state index contributed by atoms with van der Waals surface area (Å²) >= 11 is 0. The molecule has 0 N–H and O–H groups in total. The van der Waals surface area contributed by atoms with Crippen molar-refractivity contribution in [3.63, 3.8) is 0 Å². The van der Waals surface area contributed by atoms with Crippen LogP contribution in [0.15, 0.2) is 0 Å². The Morgan fingerprint density at radius 2 is 2.17 bits per heavy atom. The minimum Gasteiger partial charge on any atom is -0.303 e. The molecule has 12 heavy (non-hydrogen) atoms. The number of rotatable bonds is 7. The highest BCUT2D eigenvalue weighted by Crippen LogP contribution is 2.09. The summed E-state index contributed by atoms with van der Waals surface area (Å²) < 4.78 is 0. The third-order valence-corrected chi connectivity index (χ3v) is 1.88. The third kappa shape index (κ3) is 6.08. The largest absolute Gasteiger partial charge is 0.303 e. The number of carbonyl (C=O) groups is 2. The van der Waals surface area contributed by atoms with E-state index < -0.39 is 0 Å². The summed E-state index contributed by atoms with van der Waals surface area (Å²) in [5.74, 6) is 0.526. The van der Waals surface area contributed by atoms with Crippen LogP contribution in [0.3, 0.4) is 0 Å². The van der Waals surface area contributed by atoms with Gasteiger partial charge in [0.2, 0.25) is 0 Å². The predicted molar refractivity (Wildman–Crippen MR) is 49.0 cm³/mol. The number of carbonyl (C=O) groups excluding carboxylic acids is 2. The second-order valence-corrected chi connectivity index (χ2v) is 3.35. The molecule has 0 heterocycles. The van der Waals surface area contributed by atoms with Crippen molar-refractivity contribution >= 4 is 12.1 Å². The molecular formula is C10H18O2. The van der Waals surface area contributed by atoms with Crippen LogP contribution in [0.5, 0.6) is 0 Å². The lowest BCUT2D eigenvalue weighted by atomic mass is 9.99. The quantitative estimate of drug-likeness (QED) is 0.550. The van der Waals surface area contributed by atoms with Gasteiger partial charge in [-0.2, -0.15) is 0 Å². The van der Waals surface area contributed by atoms with Gasteiger partial charge in [-0.15, -0.1) is 0 Å². The molecule has 0 aromatic heterocycles. The summed E-state index contributed by atoms with van der Waals surface area (Å²) in [6.45, 7) is 4.01. The SMILES string of the molecule is CCCCC(=O)CC(C)CC=O. The molecule has 0 spiro atoms. The number of hydrogen-bond acceptors (Lipinski definition) is 2. The minimum atomic E-state index is 0.229. The van der Waals surface area contributed by atoms with Crippen molar-refractivity contribution < 1.29 is 9.59 Å². The number of Topliss-reactive ketones (excluding diaryl/α,β-unsaturated/α-hetero) is 1. The van der Waals surface area contributed by atoms with Gasteiger partial charge in [0.25, 0.3) is 0 Å². The lowest BCUT2D eigenvalue weighted by molar-refractivity contribution is -0.120. The Kier molecular flexibility index (Phi) is 6.63. The van der Waals surface area contributed by atoms with Crippen molar-refractivity contribution in [1.29, 1.82) is 0 Å². The summed E-state index contributed by atoms with van der Waals surface area (Å²) in [7, 11) is 0. The van der Waals surface area contributed by atoms with E-state index >= 15 is 0 Å². The van der Waals surface area contributed by atoms with Gasteiger partial charge >= 0.3 is 0 Å². The average molecular weight is 170 g/mol. The van der Waals surface area contributed by atoms with E-state index in [1.54, 1.807) is 0 Å². The fraction of sp³-hybridized carbons (Fsp3) is 0.800. The first kappa shape index (κ1) is 11.3. The highest BCUT2D eigenvalue weighted by molar-refractivity contribution is 5.78. The highest BCUT2D eigenvalue weighted by atomic mass is 16.1. The molecule has 0 radical (unpaired) electrons. The van der Waals surface area contributed by atoms with Crippen LogP contribution in [0.4, 0.5) is 0 Å². The van der Waals surface area contributed by atoms with Gasteiger partial charge in [-0.05, 0) is 12.3 Å². The third-order valence-electron chi connectivity index (χ3n) is 1.88. The molecule has 0 aliphatic heterocycles. The van der Waals surface area contributed by atoms with Crippen molar-refractivity contribution in [3.8, 4) is 0 Å². The molecule has 0 bridgehead atoms. The van der Waals surface area contributed by atoms with Crippen LogP contribution in [-0.2, 0) is 9.59 Å². The second-order valence-electron chi connectivity index (χ2n) is 3.35. The molecule has 0 fully saturated rings. The Bertz CT molecular complexity index is 141. The average Bonchev–Trinajstić information content (AvgIpc) is 2.01. The molecule has 1 atom stereocenters. The van der Waals surface area contributed by atoms with E-state index in [4.69, 9.17) is 0 Å². The fourth-order valence-electron chi connectivity index (χ4n) is 1.11. The Morgan fingerprint density at radius 3 is 2.67 bits per heavy atom. The molecule has 0 aromatic rings. The number of hydrogen-bond donors (Lipinski definition) is 0. The Hall–Kier alpha value is -0.660. The predicted octanol–water partition coefficient (Wildman–Crippen LogP) is 2.36. The first-order chi connectivity index (χ1) is 5.70. The van der Waals surface area contributed by atoms with E-state index in [0.29, 0.717) is 25.0 Å². The van der Waals surface area contributed by atoms with Crippen LogP contribution in [0, 0.1) is 5.92 Å². The number of aldehydes is 1. The van der Waals surface area contributed by atoms with Gasteiger partial charge in [-0.1, -0.05) is 20.3 Å². The maximum absolute atomic E-state index is 11.2. The van der Waals surface area contributed by atoms with Crippen LogP contribution >= 0.6 is 0 Å². The van der Waals surface area contributed by atoms with E-state index in [1.807, 2.05) is 6.92 Å². The minimum absolute atomic E-state index is 0.229. The molecule has 0 aromatic carbocycles. The number of unbranched alkanes of at least 4 members (excludes halogenated alkanes) is 1. The molecule has 0 aliphatic carbocycles. The van der Waals surface area contributed by atoms with E-state index in [9.17, 15) is 9.59 Å². The molecule has 2 nitrogen and oxygen atoms in total. The van der Waals surface area contributed by atoms with Crippen molar-refractivity contribution in [2.24, 2.45) is 5.92 Å². The van der Waals surface area contributed by atoms with Gasteiger partial charge in [0.05, 0.1) is 0 Å². The Labute approximate surface area is 74.3 Å². The lowest BCUT2D eigenvalue weighted by Gasteiger charge is -2.05. The van der Waals surface area contributed by atoms with Crippen LogP contribution in [-0.4, -0.2) is 12.1 Å². The highest BCUT2D eigenvalue weighted by Gasteiger charge is 2.07. The zero-order chi connectivity index (χ0) is 9.40. The topological polar surface area (TPSA) is 34.1 Å². The molecular weight excluding hydrogens is 152 g/mol. The lowest BCUT2D eigenvalue weighted by Crippen LogP contribution is -2.05. The van der Waals surface area contributed by atoms with Gasteiger partial charge in [-0.25, -0.2) is 0 Å². The van der Waals surface area contributed by atoms with Crippen LogP contribution in [0.2, 0.25) is 0 Å². The van der Waals surface area contributed by atoms with Crippen molar-refractivity contribution in [1.82, 2.24) is 0 Å². The first-order valence-electron chi connectivity index (χ1n) is 4.66. The molecule has 70 valence electrons. The smallest absolute Gasteiger partial charge is 0.133 e. The van der Waals surface area contributed by atoms with Crippen LogP contribution < -0.4 is 0 Å². The maximum Gasteiger partial charge on any atom is 0.133 e. The van der Waals surface area contributed by atoms with E-state index in [1.165, 1.54) is 0 Å². The summed E-state index contributed by atoms with van der Waals surface area (Å²) in [6, 6.07) is 0. The Balaban J connectivity index is 3.46. The van der Waals surface area contributed by atoms with Gasteiger partial charge in [0.15, 0.2) is 0 Å². The van der Waals surface area contributed by atoms with Crippen molar-refractivity contribution in [2.45, 2.75) is 46.0 Å². The zero-order valence-corrected chi connectivity index (χ0v) is 8.01. The summed E-state index contributed by atoms with van der Waals surface area (Å²) in [4.78, 5) is 21.3. The molecule has 1 unspecified atom stereocenters. The summed E-state index contributed by atoms with van der Waals surface area (Å²) in [5.41, 5.74) is 0. The monoisotopic (exact) mass is 170 g/mol. The fourth-order valence-corrected chi connectivity index (χ4v) is 1.11. The van der Waals surface area contributed by atoms with Gasteiger partial charge in [0, 0.05) is 19.3 Å². The second kappa shape index (κ2) is 7.01. The molecule has 0 amide bonds. The van der Waals surface area contributed by atoms with E-state index in [0.717, 1.165) is 19.1 Å².